The second-order valence-electron chi connectivity index (χ2n) is 6.85. The maximum absolute atomic E-state index is 12.4. The molecular weight excluding hydrogens is 424 g/mol. The lowest BCUT2D eigenvalue weighted by atomic mass is 10.0. The molecule has 0 atom stereocenters. The van der Waals surface area contributed by atoms with Gasteiger partial charge in [0.25, 0.3) is 5.91 Å². The van der Waals surface area contributed by atoms with E-state index >= 15 is 0 Å². The number of carbonyl (C=O) groups excluding carboxylic acids is 1. The van der Waals surface area contributed by atoms with Crippen LogP contribution in [0, 0.1) is 0 Å². The highest BCUT2D eigenvalue weighted by atomic mass is 35.5. The van der Waals surface area contributed by atoms with Crippen molar-refractivity contribution in [1.82, 2.24) is 5.32 Å². The van der Waals surface area contributed by atoms with E-state index in [1.807, 2.05) is 12.1 Å². The van der Waals surface area contributed by atoms with Crippen LogP contribution in [0.2, 0.25) is 5.02 Å². The first-order valence-electron chi connectivity index (χ1n) is 9.10. The van der Waals surface area contributed by atoms with E-state index in [4.69, 9.17) is 33.3 Å². The van der Waals surface area contributed by atoms with E-state index in [9.17, 15) is 9.59 Å². The predicted octanol–water partition coefficient (Wildman–Crippen LogP) is 5.55. The van der Waals surface area contributed by atoms with Gasteiger partial charge in [0.2, 0.25) is 5.76 Å². The number of carboxylic acids is 1. The van der Waals surface area contributed by atoms with Crippen LogP contribution in [0.1, 0.15) is 46.2 Å². The number of anilines is 1. The van der Waals surface area contributed by atoms with Gasteiger partial charge in [-0.1, -0.05) is 37.6 Å². The van der Waals surface area contributed by atoms with Gasteiger partial charge in [0, 0.05) is 11.1 Å². The molecule has 6 nitrogen and oxygen atoms in total. The molecule has 8 heteroatoms. The number of halogens is 1. The van der Waals surface area contributed by atoms with Gasteiger partial charge in [-0.15, -0.1) is 0 Å². The highest BCUT2D eigenvalue weighted by Crippen LogP contribution is 2.30. The van der Waals surface area contributed by atoms with Crippen LogP contribution < -0.4 is 10.6 Å². The van der Waals surface area contributed by atoms with Crippen molar-refractivity contribution < 1.29 is 19.1 Å². The lowest BCUT2D eigenvalue weighted by Crippen LogP contribution is -2.34. The standard InChI is InChI=1S/C22H19ClN2O4S/c1-12(2)13-3-5-14(6-4-13)20(26)25-22(30)24-17-11-15(7-8-16(17)23)18-9-10-19(29-18)21(27)28/h3-12H,1-2H3,(H,27,28)(H2,24,25,26,30). The summed E-state index contributed by atoms with van der Waals surface area (Å²) in [4.78, 5) is 23.4. The fraction of sp³-hybridized carbons (Fsp3) is 0.136. The Morgan fingerprint density at radius 3 is 2.37 bits per heavy atom. The zero-order chi connectivity index (χ0) is 21.8. The third-order valence-corrected chi connectivity index (χ3v) is 4.92. The number of carbonyl (C=O) groups is 2. The lowest BCUT2D eigenvalue weighted by Gasteiger charge is -2.12. The quantitative estimate of drug-likeness (QED) is 0.449. The molecule has 0 aliphatic carbocycles. The zero-order valence-electron chi connectivity index (χ0n) is 16.2. The molecular formula is C22H19ClN2O4S. The number of hydrogen-bond donors (Lipinski definition) is 3. The number of benzene rings is 2. The molecule has 0 radical (unpaired) electrons. The lowest BCUT2D eigenvalue weighted by molar-refractivity contribution is 0.0663. The van der Waals surface area contributed by atoms with Crippen molar-refractivity contribution in [1.29, 1.82) is 0 Å². The Labute approximate surface area is 183 Å². The van der Waals surface area contributed by atoms with Gasteiger partial charge in [0.1, 0.15) is 5.76 Å². The second kappa shape index (κ2) is 9.11. The third-order valence-electron chi connectivity index (χ3n) is 4.38. The number of aromatic carboxylic acids is 1. The summed E-state index contributed by atoms with van der Waals surface area (Å²) in [5.41, 5.74) is 2.68. The van der Waals surface area contributed by atoms with Crippen LogP contribution in [0.25, 0.3) is 11.3 Å². The molecule has 3 N–H and O–H groups in total. The van der Waals surface area contributed by atoms with Crippen molar-refractivity contribution in [2.24, 2.45) is 0 Å². The normalized spacial score (nSPS) is 10.7. The first-order valence-corrected chi connectivity index (χ1v) is 9.88. The summed E-state index contributed by atoms with van der Waals surface area (Å²) >= 11 is 11.5. The number of amides is 1. The number of nitrogens with one attached hydrogen (secondary N) is 2. The second-order valence-corrected chi connectivity index (χ2v) is 7.66. The Kier molecular flexibility index (Phi) is 6.54. The fourth-order valence-corrected chi connectivity index (χ4v) is 3.10. The molecule has 0 aliphatic heterocycles. The van der Waals surface area contributed by atoms with Crippen LogP contribution in [-0.4, -0.2) is 22.1 Å². The molecule has 3 rings (SSSR count). The van der Waals surface area contributed by atoms with Gasteiger partial charge in [-0.25, -0.2) is 4.79 Å². The van der Waals surface area contributed by atoms with Crippen LogP contribution in [0.3, 0.4) is 0 Å². The van der Waals surface area contributed by atoms with Gasteiger partial charge < -0.3 is 14.8 Å². The topological polar surface area (TPSA) is 91.6 Å². The largest absolute Gasteiger partial charge is 0.475 e. The van der Waals surface area contributed by atoms with Gasteiger partial charge >= 0.3 is 5.97 Å². The highest BCUT2D eigenvalue weighted by molar-refractivity contribution is 7.80. The predicted molar refractivity (Wildman–Crippen MR) is 120 cm³/mol. The van der Waals surface area contributed by atoms with Gasteiger partial charge in [-0.3, -0.25) is 10.1 Å². The van der Waals surface area contributed by atoms with Crippen molar-refractivity contribution in [2.75, 3.05) is 5.32 Å². The molecule has 1 amide bonds. The molecule has 0 bridgehead atoms. The van der Waals surface area contributed by atoms with Crippen molar-refractivity contribution in [2.45, 2.75) is 19.8 Å². The molecule has 2 aromatic carbocycles. The Hall–Kier alpha value is -3.16. The Morgan fingerprint density at radius 1 is 1.07 bits per heavy atom. The summed E-state index contributed by atoms with van der Waals surface area (Å²) in [5, 5.41) is 15.0. The fourth-order valence-electron chi connectivity index (χ4n) is 2.73. The average molecular weight is 443 g/mol. The molecule has 0 unspecified atom stereocenters. The van der Waals surface area contributed by atoms with Gasteiger partial charge in [-0.05, 0) is 66.2 Å². The van der Waals surface area contributed by atoms with E-state index in [0.29, 0.717) is 33.5 Å². The smallest absolute Gasteiger partial charge is 0.371 e. The maximum atomic E-state index is 12.4. The molecule has 3 aromatic rings. The number of furan rings is 1. The molecule has 0 saturated heterocycles. The molecule has 1 heterocycles. The van der Waals surface area contributed by atoms with Crippen LogP contribution in [0.5, 0.6) is 0 Å². The van der Waals surface area contributed by atoms with Crippen LogP contribution in [-0.2, 0) is 0 Å². The van der Waals surface area contributed by atoms with Gasteiger partial charge in [-0.2, -0.15) is 0 Å². The van der Waals surface area contributed by atoms with E-state index in [0.717, 1.165) is 5.56 Å². The number of rotatable bonds is 5. The summed E-state index contributed by atoms with van der Waals surface area (Å²) in [6.07, 6.45) is 0. The molecule has 0 saturated carbocycles. The summed E-state index contributed by atoms with van der Waals surface area (Å²) in [5.74, 6) is -0.917. The van der Waals surface area contributed by atoms with Gasteiger partial charge in [0.15, 0.2) is 5.11 Å². The summed E-state index contributed by atoms with van der Waals surface area (Å²) in [6.45, 7) is 4.16. The monoisotopic (exact) mass is 442 g/mol. The third kappa shape index (κ3) is 5.06. The van der Waals surface area contributed by atoms with E-state index < -0.39 is 5.97 Å². The van der Waals surface area contributed by atoms with Crippen molar-refractivity contribution in [3.8, 4) is 11.3 Å². The van der Waals surface area contributed by atoms with Crippen LogP contribution >= 0.6 is 23.8 Å². The summed E-state index contributed by atoms with van der Waals surface area (Å²) < 4.78 is 5.31. The average Bonchev–Trinajstić information content (AvgIpc) is 3.20. The Morgan fingerprint density at radius 2 is 1.77 bits per heavy atom. The minimum atomic E-state index is -1.15. The maximum Gasteiger partial charge on any atom is 0.371 e. The SMILES string of the molecule is CC(C)c1ccc(C(=O)NC(=S)Nc2cc(-c3ccc(C(=O)O)o3)ccc2Cl)cc1. The molecule has 0 spiro atoms. The van der Waals surface area contributed by atoms with Gasteiger partial charge in [0.05, 0.1) is 10.7 Å². The minimum Gasteiger partial charge on any atom is -0.475 e. The number of carboxylic acid groups (broad SMARTS) is 1. The number of hydrogen-bond acceptors (Lipinski definition) is 4. The van der Waals surface area contributed by atoms with E-state index in [2.05, 4.69) is 24.5 Å². The van der Waals surface area contributed by atoms with Crippen molar-refractivity contribution in [3.63, 3.8) is 0 Å². The highest BCUT2D eigenvalue weighted by Gasteiger charge is 2.14. The van der Waals surface area contributed by atoms with E-state index in [-0.39, 0.29) is 16.8 Å². The first-order chi connectivity index (χ1) is 14.2. The van der Waals surface area contributed by atoms with E-state index in [1.165, 1.54) is 6.07 Å². The Bertz CT molecular complexity index is 1110. The van der Waals surface area contributed by atoms with E-state index in [1.54, 1.807) is 36.4 Å². The summed E-state index contributed by atoms with van der Waals surface area (Å²) in [7, 11) is 0. The van der Waals surface area contributed by atoms with Crippen molar-refractivity contribution in [3.05, 3.63) is 76.5 Å². The minimum absolute atomic E-state index is 0.0812. The van der Waals surface area contributed by atoms with Crippen LogP contribution in [0.15, 0.2) is 59.0 Å². The molecule has 30 heavy (non-hydrogen) atoms. The molecule has 154 valence electrons. The Balaban J connectivity index is 1.71. The molecule has 0 aliphatic rings. The van der Waals surface area contributed by atoms with Crippen molar-refractivity contribution >= 4 is 46.5 Å². The summed E-state index contributed by atoms with van der Waals surface area (Å²) in [6, 6.07) is 15.2. The first kappa shape index (κ1) is 21.5. The number of thiocarbonyl (C=S) groups is 1. The molecule has 1 aromatic heterocycles. The van der Waals surface area contributed by atoms with Crippen LogP contribution in [0.4, 0.5) is 5.69 Å². The molecule has 0 fully saturated rings. The zero-order valence-corrected chi connectivity index (χ0v) is 17.8.